The highest BCUT2D eigenvalue weighted by molar-refractivity contribution is 5.95. The molecule has 1 aromatic rings. The maximum Gasteiger partial charge on any atom is 0.253 e. The van der Waals surface area contributed by atoms with Crippen molar-refractivity contribution in [2.45, 2.75) is 27.2 Å². The fourth-order valence-corrected chi connectivity index (χ4v) is 1.53. The minimum absolute atomic E-state index is 0.0967. The van der Waals surface area contributed by atoms with E-state index < -0.39 is 0 Å². The summed E-state index contributed by atoms with van der Waals surface area (Å²) in [4.78, 5) is 16.0. The molecule has 0 saturated carbocycles. The first-order valence-electron chi connectivity index (χ1n) is 5.77. The Kier molecular flexibility index (Phi) is 4.63. The van der Waals surface area contributed by atoms with Crippen LogP contribution >= 0.6 is 0 Å². The number of aliphatic hydroxyl groups is 1. The van der Waals surface area contributed by atoms with E-state index in [4.69, 9.17) is 5.11 Å². The van der Waals surface area contributed by atoms with Crippen molar-refractivity contribution >= 4 is 5.91 Å². The van der Waals surface area contributed by atoms with Gasteiger partial charge in [-0.25, -0.2) is 0 Å². The maximum absolute atomic E-state index is 11.9. The molecule has 0 atom stereocenters. The lowest BCUT2D eigenvalue weighted by atomic mass is 9.89. The van der Waals surface area contributed by atoms with Crippen LogP contribution in [0.5, 0.6) is 0 Å². The predicted octanol–water partition coefficient (Wildman–Crippen LogP) is 1.53. The van der Waals surface area contributed by atoms with Gasteiger partial charge in [0.25, 0.3) is 5.91 Å². The molecule has 4 nitrogen and oxygen atoms in total. The zero-order valence-electron chi connectivity index (χ0n) is 10.7. The van der Waals surface area contributed by atoms with Crippen molar-refractivity contribution in [2.75, 3.05) is 13.2 Å². The summed E-state index contributed by atoms with van der Waals surface area (Å²) in [6, 6.07) is 3.51. The van der Waals surface area contributed by atoms with Crippen molar-refractivity contribution in [3.63, 3.8) is 0 Å². The number of hydrogen-bond donors (Lipinski definition) is 2. The Morgan fingerprint density at radius 1 is 1.53 bits per heavy atom. The summed E-state index contributed by atoms with van der Waals surface area (Å²) in [5.41, 5.74) is 1.23. The van der Waals surface area contributed by atoms with Gasteiger partial charge in [0, 0.05) is 25.0 Å². The van der Waals surface area contributed by atoms with Crippen LogP contribution in [0.2, 0.25) is 0 Å². The summed E-state index contributed by atoms with van der Waals surface area (Å²) in [5.74, 6) is -0.110. The Hall–Kier alpha value is -1.42. The van der Waals surface area contributed by atoms with Crippen molar-refractivity contribution in [2.24, 2.45) is 5.41 Å². The van der Waals surface area contributed by atoms with Crippen LogP contribution in [0.4, 0.5) is 0 Å². The fourth-order valence-electron chi connectivity index (χ4n) is 1.53. The monoisotopic (exact) mass is 236 g/mol. The Bertz CT molecular complexity index is 389. The molecule has 1 aromatic heterocycles. The SMILES string of the molecule is Cc1ncccc1C(=O)NCC(C)(C)CCO. The van der Waals surface area contributed by atoms with Gasteiger partial charge in [-0.2, -0.15) is 0 Å². The number of aryl methyl sites for hydroxylation is 1. The lowest BCUT2D eigenvalue weighted by Crippen LogP contribution is -2.34. The van der Waals surface area contributed by atoms with Crippen LogP contribution in [0, 0.1) is 12.3 Å². The average molecular weight is 236 g/mol. The van der Waals surface area contributed by atoms with Gasteiger partial charge in [-0.3, -0.25) is 9.78 Å². The Morgan fingerprint density at radius 2 is 2.24 bits per heavy atom. The number of pyridine rings is 1. The van der Waals surface area contributed by atoms with E-state index in [2.05, 4.69) is 10.3 Å². The number of carbonyl (C=O) groups is 1. The van der Waals surface area contributed by atoms with E-state index in [0.29, 0.717) is 18.5 Å². The van der Waals surface area contributed by atoms with E-state index in [-0.39, 0.29) is 17.9 Å². The van der Waals surface area contributed by atoms with Gasteiger partial charge in [-0.05, 0) is 30.9 Å². The largest absolute Gasteiger partial charge is 0.396 e. The van der Waals surface area contributed by atoms with Gasteiger partial charge in [0.1, 0.15) is 0 Å². The van der Waals surface area contributed by atoms with Crippen molar-refractivity contribution in [3.05, 3.63) is 29.6 Å². The summed E-state index contributed by atoms with van der Waals surface area (Å²) >= 11 is 0. The number of hydrogen-bond acceptors (Lipinski definition) is 3. The highest BCUT2D eigenvalue weighted by atomic mass is 16.3. The summed E-state index contributed by atoms with van der Waals surface area (Å²) in [6.07, 6.45) is 2.33. The number of amides is 1. The molecule has 1 heterocycles. The Labute approximate surface area is 102 Å². The quantitative estimate of drug-likeness (QED) is 0.815. The molecule has 2 N–H and O–H groups in total. The van der Waals surface area contributed by atoms with Crippen molar-refractivity contribution in [1.82, 2.24) is 10.3 Å². The number of carbonyl (C=O) groups excluding carboxylic acids is 1. The number of nitrogens with zero attached hydrogens (tertiary/aromatic N) is 1. The molecule has 1 amide bonds. The number of nitrogens with one attached hydrogen (secondary N) is 1. The second kappa shape index (κ2) is 5.77. The summed E-state index contributed by atoms with van der Waals surface area (Å²) < 4.78 is 0. The molecule has 0 aliphatic carbocycles. The Morgan fingerprint density at radius 3 is 2.82 bits per heavy atom. The molecule has 94 valence electrons. The summed E-state index contributed by atoms with van der Waals surface area (Å²) in [6.45, 7) is 6.52. The van der Waals surface area contributed by atoms with Crippen molar-refractivity contribution in [3.8, 4) is 0 Å². The highest BCUT2D eigenvalue weighted by Gasteiger charge is 2.19. The highest BCUT2D eigenvalue weighted by Crippen LogP contribution is 2.18. The van der Waals surface area contributed by atoms with E-state index in [1.165, 1.54) is 0 Å². The second-order valence-corrected chi connectivity index (χ2v) is 4.96. The average Bonchev–Trinajstić information content (AvgIpc) is 2.27. The van der Waals surface area contributed by atoms with Crippen molar-refractivity contribution in [1.29, 1.82) is 0 Å². The number of rotatable bonds is 5. The minimum Gasteiger partial charge on any atom is -0.396 e. The maximum atomic E-state index is 11.9. The molecule has 4 heteroatoms. The van der Waals surface area contributed by atoms with E-state index in [9.17, 15) is 4.79 Å². The van der Waals surface area contributed by atoms with Crippen LogP contribution in [0.25, 0.3) is 0 Å². The minimum atomic E-state index is -0.110. The van der Waals surface area contributed by atoms with Crippen LogP contribution in [0.3, 0.4) is 0 Å². The first-order chi connectivity index (χ1) is 7.96. The molecule has 17 heavy (non-hydrogen) atoms. The Balaban J connectivity index is 2.59. The standard InChI is InChI=1S/C13H20N2O2/c1-10-11(5-4-7-14-10)12(17)15-9-13(2,3)6-8-16/h4-5,7,16H,6,8-9H2,1-3H3,(H,15,17). The third-order valence-corrected chi connectivity index (χ3v) is 2.77. The lowest BCUT2D eigenvalue weighted by molar-refractivity contribution is 0.0927. The van der Waals surface area contributed by atoms with E-state index >= 15 is 0 Å². The van der Waals surface area contributed by atoms with Gasteiger partial charge in [-0.1, -0.05) is 13.8 Å². The summed E-state index contributed by atoms with van der Waals surface area (Å²) in [7, 11) is 0. The van der Waals surface area contributed by atoms with Gasteiger partial charge in [0.05, 0.1) is 5.56 Å². The molecule has 0 radical (unpaired) electrons. The van der Waals surface area contributed by atoms with Gasteiger partial charge in [0.2, 0.25) is 0 Å². The zero-order chi connectivity index (χ0) is 12.9. The van der Waals surface area contributed by atoms with Crippen LogP contribution in [-0.4, -0.2) is 29.1 Å². The smallest absolute Gasteiger partial charge is 0.253 e. The van der Waals surface area contributed by atoms with Gasteiger partial charge >= 0.3 is 0 Å². The predicted molar refractivity (Wildman–Crippen MR) is 66.8 cm³/mol. The molecule has 0 aromatic carbocycles. The fraction of sp³-hybridized carbons (Fsp3) is 0.538. The lowest BCUT2D eigenvalue weighted by Gasteiger charge is -2.23. The molecule has 0 spiro atoms. The molecule has 0 unspecified atom stereocenters. The molecule has 1 rings (SSSR count). The molecule has 0 fully saturated rings. The molecule has 0 saturated heterocycles. The van der Waals surface area contributed by atoms with E-state index in [0.717, 1.165) is 5.69 Å². The van der Waals surface area contributed by atoms with Crippen LogP contribution in [-0.2, 0) is 0 Å². The molecule has 0 aliphatic heterocycles. The van der Waals surface area contributed by atoms with E-state index in [1.807, 2.05) is 20.8 Å². The first kappa shape index (κ1) is 13.6. The molecular formula is C13H20N2O2. The zero-order valence-corrected chi connectivity index (χ0v) is 10.7. The van der Waals surface area contributed by atoms with Crippen LogP contribution in [0.15, 0.2) is 18.3 Å². The van der Waals surface area contributed by atoms with Crippen LogP contribution in [0.1, 0.15) is 36.3 Å². The first-order valence-corrected chi connectivity index (χ1v) is 5.77. The normalized spacial score (nSPS) is 11.3. The number of aromatic nitrogens is 1. The third-order valence-electron chi connectivity index (χ3n) is 2.77. The van der Waals surface area contributed by atoms with E-state index in [1.54, 1.807) is 18.3 Å². The molecular weight excluding hydrogens is 216 g/mol. The van der Waals surface area contributed by atoms with Gasteiger partial charge in [0.15, 0.2) is 0 Å². The topological polar surface area (TPSA) is 62.2 Å². The van der Waals surface area contributed by atoms with Crippen LogP contribution < -0.4 is 5.32 Å². The van der Waals surface area contributed by atoms with Gasteiger partial charge < -0.3 is 10.4 Å². The van der Waals surface area contributed by atoms with Crippen molar-refractivity contribution < 1.29 is 9.90 Å². The number of aliphatic hydroxyl groups excluding tert-OH is 1. The summed E-state index contributed by atoms with van der Waals surface area (Å²) in [5, 5.41) is 11.8. The van der Waals surface area contributed by atoms with Gasteiger partial charge in [-0.15, -0.1) is 0 Å². The third kappa shape index (κ3) is 4.15. The molecule has 0 aliphatic rings. The molecule has 0 bridgehead atoms. The second-order valence-electron chi connectivity index (χ2n) is 4.96.